The number of nitrogens with zero attached hydrogens (tertiary/aromatic N) is 3. The van der Waals surface area contributed by atoms with Crippen molar-refractivity contribution in [2.75, 3.05) is 12.3 Å². The average molecular weight is 335 g/mol. The number of likely N-dealkylation sites (tertiary alicyclic amines) is 1. The normalized spacial score (nSPS) is 16.5. The molecule has 1 atom stereocenters. The van der Waals surface area contributed by atoms with E-state index in [2.05, 4.69) is 16.4 Å². The maximum absolute atomic E-state index is 12.5. The minimum atomic E-state index is -0.574. The summed E-state index contributed by atoms with van der Waals surface area (Å²) in [5, 5.41) is 11.7. The van der Waals surface area contributed by atoms with E-state index in [9.17, 15) is 9.59 Å². The molecule has 2 aromatic rings. The van der Waals surface area contributed by atoms with Gasteiger partial charge in [-0.2, -0.15) is 5.26 Å². The number of hydrogen-bond donors (Lipinski definition) is 2. The smallest absolute Gasteiger partial charge is 0.270 e. The molecule has 3 rings (SSSR count). The molecule has 1 aliphatic rings. The van der Waals surface area contributed by atoms with Crippen molar-refractivity contribution in [3.8, 4) is 6.07 Å². The Hall–Kier alpha value is -3.40. The molecule has 1 aromatic heterocycles. The van der Waals surface area contributed by atoms with Crippen LogP contribution in [0.1, 0.15) is 28.0 Å². The summed E-state index contributed by atoms with van der Waals surface area (Å²) < 4.78 is 0. The maximum Gasteiger partial charge on any atom is 0.270 e. The molecular formula is C18H17N5O2. The Kier molecular flexibility index (Phi) is 4.61. The predicted octanol–water partition coefficient (Wildman–Crippen LogP) is 1.07. The standard InChI is InChI=1S/C18H17N5O2/c19-10-12-4-5-14(20)13(9-12)11-23-8-6-16(18(23)25)22-17(24)15-3-1-2-7-21-15/h1-5,7,9,16H,6,8,11,20H2,(H,22,24). The molecule has 2 heterocycles. The number of nitrogen functional groups attached to an aromatic ring is 1. The van der Waals surface area contributed by atoms with E-state index in [1.54, 1.807) is 41.3 Å². The van der Waals surface area contributed by atoms with Gasteiger partial charge in [-0.3, -0.25) is 14.6 Å². The number of aromatic nitrogens is 1. The molecule has 126 valence electrons. The topological polar surface area (TPSA) is 112 Å². The SMILES string of the molecule is N#Cc1ccc(N)c(CN2CCC(NC(=O)c3ccccn3)C2=O)c1. The van der Waals surface area contributed by atoms with Gasteiger partial charge in [-0.1, -0.05) is 6.07 Å². The number of anilines is 1. The number of rotatable bonds is 4. The zero-order valence-corrected chi connectivity index (χ0v) is 13.5. The van der Waals surface area contributed by atoms with Gasteiger partial charge in [0, 0.05) is 25.0 Å². The average Bonchev–Trinajstić information content (AvgIpc) is 2.97. The fourth-order valence-electron chi connectivity index (χ4n) is 2.78. The number of hydrogen-bond acceptors (Lipinski definition) is 5. The largest absolute Gasteiger partial charge is 0.398 e. The molecule has 7 heteroatoms. The van der Waals surface area contributed by atoms with Crippen LogP contribution in [0.25, 0.3) is 0 Å². The van der Waals surface area contributed by atoms with Crippen LogP contribution in [0.2, 0.25) is 0 Å². The summed E-state index contributed by atoms with van der Waals surface area (Å²) in [6.07, 6.45) is 2.05. The lowest BCUT2D eigenvalue weighted by atomic mass is 10.1. The third kappa shape index (κ3) is 3.58. The van der Waals surface area contributed by atoms with Crippen LogP contribution in [0.5, 0.6) is 0 Å². The summed E-state index contributed by atoms with van der Waals surface area (Å²) in [5.41, 5.74) is 7.97. The van der Waals surface area contributed by atoms with Crippen molar-refractivity contribution in [3.63, 3.8) is 0 Å². The molecule has 1 saturated heterocycles. The molecule has 1 aliphatic heterocycles. The molecule has 0 spiro atoms. The molecule has 1 aromatic carbocycles. The molecular weight excluding hydrogens is 318 g/mol. The highest BCUT2D eigenvalue weighted by atomic mass is 16.2. The number of nitriles is 1. The quantitative estimate of drug-likeness (QED) is 0.812. The van der Waals surface area contributed by atoms with Crippen molar-refractivity contribution >= 4 is 17.5 Å². The van der Waals surface area contributed by atoms with E-state index in [1.165, 1.54) is 6.20 Å². The van der Waals surface area contributed by atoms with Crippen molar-refractivity contribution in [2.24, 2.45) is 0 Å². The van der Waals surface area contributed by atoms with Crippen molar-refractivity contribution in [1.29, 1.82) is 5.26 Å². The Morgan fingerprint density at radius 3 is 2.96 bits per heavy atom. The Balaban J connectivity index is 1.66. The Morgan fingerprint density at radius 2 is 2.24 bits per heavy atom. The van der Waals surface area contributed by atoms with E-state index < -0.39 is 6.04 Å². The third-order valence-corrected chi connectivity index (χ3v) is 4.13. The van der Waals surface area contributed by atoms with Gasteiger partial charge in [-0.25, -0.2) is 0 Å². The van der Waals surface area contributed by atoms with Gasteiger partial charge in [0.05, 0.1) is 11.6 Å². The minimum Gasteiger partial charge on any atom is -0.398 e. The van der Waals surface area contributed by atoms with E-state index in [-0.39, 0.29) is 17.5 Å². The first kappa shape index (κ1) is 16.5. The summed E-state index contributed by atoms with van der Waals surface area (Å²) in [5.74, 6) is -0.530. The summed E-state index contributed by atoms with van der Waals surface area (Å²) in [4.78, 5) is 30.3. The molecule has 2 amide bonds. The lowest BCUT2D eigenvalue weighted by Crippen LogP contribution is -2.41. The summed E-state index contributed by atoms with van der Waals surface area (Å²) in [7, 11) is 0. The fourth-order valence-corrected chi connectivity index (χ4v) is 2.78. The van der Waals surface area contributed by atoms with Crippen molar-refractivity contribution in [1.82, 2.24) is 15.2 Å². The molecule has 0 radical (unpaired) electrons. The van der Waals surface area contributed by atoms with Crippen LogP contribution >= 0.6 is 0 Å². The van der Waals surface area contributed by atoms with E-state index in [0.29, 0.717) is 30.8 Å². The van der Waals surface area contributed by atoms with Crippen LogP contribution in [0.4, 0.5) is 5.69 Å². The van der Waals surface area contributed by atoms with Gasteiger partial charge in [0.25, 0.3) is 5.91 Å². The van der Waals surface area contributed by atoms with Gasteiger partial charge < -0.3 is 16.0 Å². The van der Waals surface area contributed by atoms with E-state index in [0.717, 1.165) is 5.56 Å². The highest BCUT2D eigenvalue weighted by Crippen LogP contribution is 2.20. The van der Waals surface area contributed by atoms with Crippen LogP contribution < -0.4 is 11.1 Å². The monoisotopic (exact) mass is 335 g/mol. The summed E-state index contributed by atoms with van der Waals surface area (Å²) in [6, 6.07) is 11.5. The number of benzene rings is 1. The minimum absolute atomic E-state index is 0.161. The van der Waals surface area contributed by atoms with Gasteiger partial charge in [0.1, 0.15) is 11.7 Å². The molecule has 1 unspecified atom stereocenters. The number of nitrogens with two attached hydrogens (primary N) is 1. The molecule has 3 N–H and O–H groups in total. The number of nitrogens with one attached hydrogen (secondary N) is 1. The van der Waals surface area contributed by atoms with Crippen LogP contribution in [0, 0.1) is 11.3 Å². The van der Waals surface area contributed by atoms with Gasteiger partial charge >= 0.3 is 0 Å². The number of carbonyl (C=O) groups excluding carboxylic acids is 2. The lowest BCUT2D eigenvalue weighted by molar-refractivity contribution is -0.129. The maximum atomic E-state index is 12.5. The second-order valence-corrected chi connectivity index (χ2v) is 5.81. The van der Waals surface area contributed by atoms with Crippen LogP contribution in [-0.2, 0) is 11.3 Å². The number of carbonyl (C=O) groups is 2. The van der Waals surface area contributed by atoms with Crippen LogP contribution in [0.15, 0.2) is 42.6 Å². The molecule has 0 bridgehead atoms. The van der Waals surface area contributed by atoms with Gasteiger partial charge in [0.15, 0.2) is 0 Å². The first-order valence-electron chi connectivity index (χ1n) is 7.87. The summed E-state index contributed by atoms with van der Waals surface area (Å²) in [6.45, 7) is 0.832. The van der Waals surface area contributed by atoms with Crippen molar-refractivity contribution < 1.29 is 9.59 Å². The van der Waals surface area contributed by atoms with Crippen LogP contribution in [0.3, 0.4) is 0 Å². The Labute approximate surface area is 145 Å². The molecule has 0 saturated carbocycles. The van der Waals surface area contributed by atoms with Gasteiger partial charge in [0.2, 0.25) is 5.91 Å². The highest BCUT2D eigenvalue weighted by molar-refractivity contribution is 5.96. The highest BCUT2D eigenvalue weighted by Gasteiger charge is 2.33. The molecule has 1 fully saturated rings. The molecule has 0 aliphatic carbocycles. The second-order valence-electron chi connectivity index (χ2n) is 5.81. The Bertz CT molecular complexity index is 844. The first-order valence-corrected chi connectivity index (χ1v) is 7.87. The van der Waals surface area contributed by atoms with Gasteiger partial charge in [-0.05, 0) is 42.3 Å². The van der Waals surface area contributed by atoms with E-state index in [4.69, 9.17) is 11.0 Å². The summed E-state index contributed by atoms with van der Waals surface area (Å²) >= 11 is 0. The number of pyridine rings is 1. The third-order valence-electron chi connectivity index (χ3n) is 4.13. The second kappa shape index (κ2) is 7.01. The van der Waals surface area contributed by atoms with E-state index >= 15 is 0 Å². The predicted molar refractivity (Wildman–Crippen MR) is 91.1 cm³/mol. The number of amides is 2. The molecule has 7 nitrogen and oxygen atoms in total. The van der Waals surface area contributed by atoms with Crippen molar-refractivity contribution in [3.05, 3.63) is 59.4 Å². The molecule has 25 heavy (non-hydrogen) atoms. The van der Waals surface area contributed by atoms with Crippen LogP contribution in [-0.4, -0.2) is 34.3 Å². The van der Waals surface area contributed by atoms with Crippen molar-refractivity contribution in [2.45, 2.75) is 19.0 Å². The Morgan fingerprint density at radius 1 is 1.40 bits per heavy atom. The first-order chi connectivity index (χ1) is 12.1. The van der Waals surface area contributed by atoms with E-state index in [1.807, 2.05) is 0 Å². The lowest BCUT2D eigenvalue weighted by Gasteiger charge is -2.18. The zero-order valence-electron chi connectivity index (χ0n) is 13.5. The zero-order chi connectivity index (χ0) is 17.8. The fraction of sp³-hybridized carbons (Fsp3) is 0.222. The van der Waals surface area contributed by atoms with Gasteiger partial charge in [-0.15, -0.1) is 0 Å².